The summed E-state index contributed by atoms with van der Waals surface area (Å²) in [5.41, 5.74) is 5.44. The molecule has 2 rings (SSSR count). The molecule has 3 N–H and O–H groups in total. The molecular formula is C10H9BrN4O2S. The summed E-state index contributed by atoms with van der Waals surface area (Å²) in [4.78, 5) is 15.3. The van der Waals surface area contributed by atoms with Gasteiger partial charge in [0.25, 0.3) is 5.69 Å². The van der Waals surface area contributed by atoms with E-state index in [1.165, 1.54) is 12.1 Å². The van der Waals surface area contributed by atoms with Gasteiger partial charge >= 0.3 is 0 Å². The Hall–Kier alpha value is -1.67. The first-order valence-electron chi connectivity index (χ1n) is 4.93. The van der Waals surface area contributed by atoms with Gasteiger partial charge in [0.1, 0.15) is 11.6 Å². The van der Waals surface area contributed by atoms with Gasteiger partial charge in [0.05, 0.1) is 23.6 Å². The molecule has 0 fully saturated rings. The molecule has 94 valence electrons. The van der Waals surface area contributed by atoms with E-state index in [2.05, 4.69) is 26.2 Å². The Morgan fingerprint density at radius 1 is 1.50 bits per heavy atom. The number of hydrogen-bond acceptors (Lipinski definition) is 6. The SMILES string of the molecule is Nc1cc([N+](=O)[O-])cc(NCc2cc(Br)cs2)n1. The van der Waals surface area contributed by atoms with Crippen LogP contribution in [0.5, 0.6) is 0 Å². The van der Waals surface area contributed by atoms with Crippen LogP contribution in [0.2, 0.25) is 0 Å². The largest absolute Gasteiger partial charge is 0.383 e. The normalized spacial score (nSPS) is 10.3. The lowest BCUT2D eigenvalue weighted by molar-refractivity contribution is -0.384. The second kappa shape index (κ2) is 5.32. The van der Waals surface area contributed by atoms with E-state index in [4.69, 9.17) is 5.73 Å². The van der Waals surface area contributed by atoms with Crippen LogP contribution in [0.25, 0.3) is 0 Å². The molecule has 0 aliphatic rings. The Morgan fingerprint density at radius 3 is 2.89 bits per heavy atom. The van der Waals surface area contributed by atoms with E-state index in [0.29, 0.717) is 12.4 Å². The number of nitro groups is 1. The second-order valence-corrected chi connectivity index (χ2v) is 5.39. The fraction of sp³-hybridized carbons (Fsp3) is 0.100. The highest BCUT2D eigenvalue weighted by atomic mass is 79.9. The third-order valence-electron chi connectivity index (χ3n) is 2.11. The number of nitrogens with zero attached hydrogens (tertiary/aromatic N) is 2. The van der Waals surface area contributed by atoms with Gasteiger partial charge in [-0.2, -0.15) is 0 Å². The van der Waals surface area contributed by atoms with Crippen molar-refractivity contribution in [2.24, 2.45) is 0 Å². The van der Waals surface area contributed by atoms with Gasteiger partial charge in [0, 0.05) is 14.7 Å². The van der Waals surface area contributed by atoms with E-state index in [0.717, 1.165) is 9.35 Å². The molecule has 0 aliphatic carbocycles. The smallest absolute Gasteiger partial charge is 0.276 e. The van der Waals surface area contributed by atoms with Crippen LogP contribution in [0.15, 0.2) is 28.1 Å². The average Bonchev–Trinajstić information content (AvgIpc) is 2.72. The van der Waals surface area contributed by atoms with Crippen LogP contribution in [0.3, 0.4) is 0 Å². The predicted molar refractivity (Wildman–Crippen MR) is 74.6 cm³/mol. The molecule has 18 heavy (non-hydrogen) atoms. The summed E-state index contributed by atoms with van der Waals surface area (Å²) in [7, 11) is 0. The van der Waals surface area contributed by atoms with Gasteiger partial charge in [-0.25, -0.2) is 4.98 Å². The Morgan fingerprint density at radius 2 is 2.28 bits per heavy atom. The van der Waals surface area contributed by atoms with E-state index in [1.807, 2.05) is 11.4 Å². The molecule has 0 radical (unpaired) electrons. The molecule has 0 saturated heterocycles. The minimum atomic E-state index is -0.495. The van der Waals surface area contributed by atoms with Crippen LogP contribution in [-0.4, -0.2) is 9.91 Å². The maximum atomic E-state index is 10.7. The van der Waals surface area contributed by atoms with Crippen LogP contribution in [-0.2, 0) is 6.54 Å². The lowest BCUT2D eigenvalue weighted by atomic mass is 10.3. The van der Waals surface area contributed by atoms with Gasteiger partial charge < -0.3 is 11.1 Å². The molecule has 0 atom stereocenters. The first kappa shape index (κ1) is 12.8. The Bertz CT molecular complexity index is 587. The second-order valence-electron chi connectivity index (χ2n) is 3.48. The third-order valence-corrected chi connectivity index (χ3v) is 3.80. The molecular weight excluding hydrogens is 320 g/mol. The summed E-state index contributed by atoms with van der Waals surface area (Å²) >= 11 is 4.94. The number of anilines is 2. The van der Waals surface area contributed by atoms with E-state index in [1.54, 1.807) is 11.3 Å². The molecule has 0 bridgehead atoms. The fourth-order valence-electron chi connectivity index (χ4n) is 1.36. The highest BCUT2D eigenvalue weighted by Crippen LogP contribution is 2.22. The summed E-state index contributed by atoms with van der Waals surface area (Å²) in [5, 5.41) is 15.6. The van der Waals surface area contributed by atoms with E-state index in [-0.39, 0.29) is 11.5 Å². The zero-order chi connectivity index (χ0) is 13.1. The molecule has 2 heterocycles. The van der Waals surface area contributed by atoms with Gasteiger partial charge in [-0.3, -0.25) is 10.1 Å². The minimum Gasteiger partial charge on any atom is -0.383 e. The van der Waals surface area contributed by atoms with Crippen molar-refractivity contribution in [1.82, 2.24) is 4.98 Å². The van der Waals surface area contributed by atoms with Crippen molar-refractivity contribution in [2.75, 3.05) is 11.1 Å². The lowest BCUT2D eigenvalue weighted by Gasteiger charge is -2.04. The van der Waals surface area contributed by atoms with Crippen molar-refractivity contribution in [1.29, 1.82) is 0 Å². The standard InChI is InChI=1S/C10H9BrN4O2S/c11-6-1-8(18-5-6)4-13-10-3-7(15(16)17)2-9(12)14-10/h1-3,5H,4H2,(H3,12,13,14). The summed E-state index contributed by atoms with van der Waals surface area (Å²) in [6.45, 7) is 0.546. The first-order valence-corrected chi connectivity index (χ1v) is 6.60. The molecule has 0 saturated carbocycles. The number of nitrogens with one attached hydrogen (secondary N) is 1. The number of halogens is 1. The summed E-state index contributed by atoms with van der Waals surface area (Å²) in [6.07, 6.45) is 0. The molecule has 6 nitrogen and oxygen atoms in total. The van der Waals surface area contributed by atoms with Gasteiger partial charge in [-0.1, -0.05) is 0 Å². The van der Waals surface area contributed by atoms with E-state index in [9.17, 15) is 10.1 Å². The zero-order valence-corrected chi connectivity index (χ0v) is 11.5. The van der Waals surface area contributed by atoms with Crippen molar-refractivity contribution in [3.05, 3.63) is 43.0 Å². The van der Waals surface area contributed by atoms with Crippen molar-refractivity contribution in [3.8, 4) is 0 Å². The van der Waals surface area contributed by atoms with Crippen molar-refractivity contribution in [2.45, 2.75) is 6.54 Å². The third kappa shape index (κ3) is 3.17. The summed E-state index contributed by atoms with van der Waals surface area (Å²) < 4.78 is 1.01. The van der Waals surface area contributed by atoms with Gasteiger partial charge in [0.15, 0.2) is 0 Å². The number of thiophene rings is 1. The number of nitrogen functional groups attached to an aromatic ring is 1. The number of nitrogens with two attached hydrogens (primary N) is 1. The Labute approximate surface area is 115 Å². The first-order chi connectivity index (χ1) is 8.54. The van der Waals surface area contributed by atoms with Gasteiger partial charge in [-0.05, 0) is 22.0 Å². The van der Waals surface area contributed by atoms with Gasteiger partial charge in [-0.15, -0.1) is 11.3 Å². The van der Waals surface area contributed by atoms with Crippen LogP contribution >= 0.6 is 27.3 Å². The molecule has 2 aromatic heterocycles. The molecule has 0 aliphatic heterocycles. The molecule has 2 aromatic rings. The van der Waals surface area contributed by atoms with Crippen LogP contribution < -0.4 is 11.1 Å². The highest BCUT2D eigenvalue weighted by molar-refractivity contribution is 9.10. The quantitative estimate of drug-likeness (QED) is 0.664. The van der Waals surface area contributed by atoms with E-state index >= 15 is 0 Å². The molecule has 0 unspecified atom stereocenters. The minimum absolute atomic E-state index is 0.0719. The maximum absolute atomic E-state index is 10.7. The van der Waals surface area contributed by atoms with Crippen molar-refractivity contribution in [3.63, 3.8) is 0 Å². The summed E-state index contributed by atoms with van der Waals surface area (Å²) in [6, 6.07) is 4.56. The topological polar surface area (TPSA) is 94.1 Å². The van der Waals surface area contributed by atoms with Crippen LogP contribution in [0.4, 0.5) is 17.3 Å². The van der Waals surface area contributed by atoms with Crippen molar-refractivity contribution >= 4 is 44.6 Å². The predicted octanol–water partition coefficient (Wildman–Crippen LogP) is 3.01. The molecule has 0 spiro atoms. The Kier molecular flexibility index (Phi) is 3.78. The Balaban J connectivity index is 2.11. The fourth-order valence-corrected chi connectivity index (χ4v) is 2.75. The number of hydrogen-bond donors (Lipinski definition) is 2. The maximum Gasteiger partial charge on any atom is 0.276 e. The lowest BCUT2D eigenvalue weighted by Crippen LogP contribution is -2.03. The number of aromatic nitrogens is 1. The molecule has 0 aromatic carbocycles. The van der Waals surface area contributed by atoms with E-state index < -0.39 is 4.92 Å². The van der Waals surface area contributed by atoms with Crippen LogP contribution in [0.1, 0.15) is 4.88 Å². The van der Waals surface area contributed by atoms with Crippen molar-refractivity contribution < 1.29 is 4.92 Å². The molecule has 8 heteroatoms. The average molecular weight is 329 g/mol. The monoisotopic (exact) mass is 328 g/mol. The highest BCUT2D eigenvalue weighted by Gasteiger charge is 2.09. The summed E-state index contributed by atoms with van der Waals surface area (Å²) in [5.74, 6) is 0.519. The molecule has 0 amide bonds. The van der Waals surface area contributed by atoms with Crippen LogP contribution in [0, 0.1) is 10.1 Å². The van der Waals surface area contributed by atoms with Gasteiger partial charge in [0.2, 0.25) is 0 Å². The zero-order valence-electron chi connectivity index (χ0n) is 9.09. The number of pyridine rings is 1. The number of rotatable bonds is 4.